The second kappa shape index (κ2) is 5.91. The maximum atomic E-state index is 12.8. The first kappa shape index (κ1) is 13.8. The molecule has 0 saturated carbocycles. The Labute approximate surface area is 102 Å². The number of hydrogen-bond donors (Lipinski definition) is 0. The molecule has 1 aromatic rings. The van der Waals surface area contributed by atoms with Crippen LogP contribution in [0.15, 0.2) is 6.07 Å². The lowest BCUT2D eigenvalue weighted by Crippen LogP contribution is -2.12. The van der Waals surface area contributed by atoms with Crippen LogP contribution in [0, 0.1) is 11.3 Å². The maximum Gasteiger partial charge on any atom is 0.340 e. The van der Waals surface area contributed by atoms with Crippen LogP contribution in [0.4, 0.5) is 8.78 Å². The predicted molar refractivity (Wildman–Crippen MR) is 56.4 cm³/mol. The average Bonchev–Trinajstić information content (AvgIpc) is 2.37. The number of pyridine rings is 1. The van der Waals surface area contributed by atoms with Crippen molar-refractivity contribution in [1.29, 1.82) is 5.26 Å². The van der Waals surface area contributed by atoms with E-state index >= 15 is 0 Å². The van der Waals surface area contributed by atoms with E-state index in [1.54, 1.807) is 13.0 Å². The fourth-order valence-corrected chi connectivity index (χ4v) is 1.28. The van der Waals surface area contributed by atoms with Gasteiger partial charge in [0.1, 0.15) is 11.8 Å². The Morgan fingerprint density at radius 2 is 2.28 bits per heavy atom. The molecular formula is C11H10F2N2O3. The summed E-state index contributed by atoms with van der Waals surface area (Å²) in [6.07, 6.45) is -2.98. The molecule has 0 aliphatic carbocycles. The quantitative estimate of drug-likeness (QED) is 0.771. The van der Waals surface area contributed by atoms with E-state index in [0.717, 1.165) is 6.07 Å². The van der Waals surface area contributed by atoms with Gasteiger partial charge >= 0.3 is 5.97 Å². The number of halogens is 2. The van der Waals surface area contributed by atoms with Gasteiger partial charge in [-0.2, -0.15) is 5.26 Å². The molecule has 7 heteroatoms. The highest BCUT2D eigenvalue weighted by Crippen LogP contribution is 2.27. The Hall–Kier alpha value is -2.23. The van der Waals surface area contributed by atoms with Gasteiger partial charge in [0.15, 0.2) is 11.4 Å². The van der Waals surface area contributed by atoms with E-state index in [2.05, 4.69) is 9.72 Å². The summed E-state index contributed by atoms with van der Waals surface area (Å²) in [6.45, 7) is 1.60. The van der Waals surface area contributed by atoms with Gasteiger partial charge in [0.2, 0.25) is 0 Å². The topological polar surface area (TPSA) is 72.2 Å². The van der Waals surface area contributed by atoms with Gasteiger partial charge < -0.3 is 9.47 Å². The molecule has 96 valence electrons. The second-order valence-electron chi connectivity index (χ2n) is 3.11. The van der Waals surface area contributed by atoms with Crippen LogP contribution in [0.3, 0.4) is 0 Å². The van der Waals surface area contributed by atoms with Crippen molar-refractivity contribution < 1.29 is 23.0 Å². The molecular weight excluding hydrogens is 246 g/mol. The third kappa shape index (κ3) is 2.71. The third-order valence-electron chi connectivity index (χ3n) is 2.04. The number of carbonyl (C=O) groups is 1. The third-order valence-corrected chi connectivity index (χ3v) is 2.04. The van der Waals surface area contributed by atoms with Crippen LogP contribution in [-0.2, 0) is 4.74 Å². The second-order valence-corrected chi connectivity index (χ2v) is 3.11. The highest BCUT2D eigenvalue weighted by atomic mass is 19.3. The maximum absolute atomic E-state index is 12.8. The predicted octanol–water partition coefficient (Wildman–Crippen LogP) is 2.08. The summed E-state index contributed by atoms with van der Waals surface area (Å²) in [7, 11) is 1.24. The normalized spacial score (nSPS) is 10.0. The number of alkyl halides is 2. The zero-order chi connectivity index (χ0) is 13.7. The number of esters is 1. The van der Waals surface area contributed by atoms with Crippen LogP contribution < -0.4 is 4.74 Å². The van der Waals surface area contributed by atoms with E-state index in [-0.39, 0.29) is 18.1 Å². The lowest BCUT2D eigenvalue weighted by molar-refractivity contribution is 0.0513. The number of methoxy groups -OCH3 is 1. The van der Waals surface area contributed by atoms with Gasteiger partial charge in [-0.1, -0.05) is 0 Å². The molecule has 0 N–H and O–H groups in total. The molecule has 1 rings (SSSR count). The van der Waals surface area contributed by atoms with Gasteiger partial charge in [0.25, 0.3) is 6.43 Å². The Morgan fingerprint density at radius 1 is 1.61 bits per heavy atom. The molecule has 0 amide bonds. The Kier molecular flexibility index (Phi) is 4.54. The first-order valence-electron chi connectivity index (χ1n) is 4.99. The standard InChI is InChI=1S/C11H10F2N2O3/c1-3-18-11(16)6-4-8(17-2)7(5-14)15-9(6)10(12)13/h4,10H,3H2,1-2H3. The summed E-state index contributed by atoms with van der Waals surface area (Å²) >= 11 is 0. The van der Waals surface area contributed by atoms with Crippen molar-refractivity contribution in [2.24, 2.45) is 0 Å². The smallest absolute Gasteiger partial charge is 0.340 e. The molecule has 1 heterocycles. The van der Waals surface area contributed by atoms with Gasteiger partial charge in [-0.15, -0.1) is 0 Å². The van der Waals surface area contributed by atoms with Crippen molar-refractivity contribution in [2.45, 2.75) is 13.3 Å². The highest BCUT2D eigenvalue weighted by molar-refractivity contribution is 5.91. The fraction of sp³-hybridized carbons (Fsp3) is 0.364. The van der Waals surface area contributed by atoms with E-state index in [0.29, 0.717) is 0 Å². The van der Waals surface area contributed by atoms with Crippen LogP contribution in [0.2, 0.25) is 0 Å². The molecule has 0 aromatic carbocycles. The minimum Gasteiger partial charge on any atom is -0.494 e. The number of nitriles is 1. The zero-order valence-corrected chi connectivity index (χ0v) is 9.74. The number of hydrogen-bond acceptors (Lipinski definition) is 5. The van der Waals surface area contributed by atoms with E-state index < -0.39 is 23.7 Å². The number of carbonyl (C=O) groups excluding carboxylic acids is 1. The monoisotopic (exact) mass is 256 g/mol. The van der Waals surface area contributed by atoms with E-state index in [9.17, 15) is 13.6 Å². The number of aromatic nitrogens is 1. The van der Waals surface area contributed by atoms with Crippen LogP contribution in [0.25, 0.3) is 0 Å². The molecule has 0 bridgehead atoms. The van der Waals surface area contributed by atoms with Gasteiger partial charge in [0, 0.05) is 0 Å². The van der Waals surface area contributed by atoms with Crippen molar-refractivity contribution in [3.05, 3.63) is 23.0 Å². The Bertz CT molecular complexity index is 498. The summed E-state index contributed by atoms with van der Waals surface area (Å²) in [5.74, 6) is -0.979. The molecule has 0 radical (unpaired) electrons. The molecule has 0 aliphatic rings. The van der Waals surface area contributed by atoms with Crippen molar-refractivity contribution in [3.8, 4) is 11.8 Å². The molecule has 0 aliphatic heterocycles. The summed E-state index contributed by atoms with van der Waals surface area (Å²) in [5.41, 5.74) is -1.49. The van der Waals surface area contributed by atoms with Gasteiger partial charge in [-0.05, 0) is 13.0 Å². The van der Waals surface area contributed by atoms with Crippen molar-refractivity contribution >= 4 is 5.97 Å². The molecule has 0 atom stereocenters. The Balaban J connectivity index is 3.39. The number of ether oxygens (including phenoxy) is 2. The highest BCUT2D eigenvalue weighted by Gasteiger charge is 2.24. The molecule has 1 aromatic heterocycles. The molecule has 0 unspecified atom stereocenters. The van der Waals surface area contributed by atoms with Crippen LogP contribution in [0.1, 0.15) is 35.1 Å². The Morgan fingerprint density at radius 3 is 2.72 bits per heavy atom. The first-order valence-corrected chi connectivity index (χ1v) is 4.99. The SMILES string of the molecule is CCOC(=O)c1cc(OC)c(C#N)nc1C(F)F. The largest absolute Gasteiger partial charge is 0.494 e. The average molecular weight is 256 g/mol. The van der Waals surface area contributed by atoms with Crippen LogP contribution >= 0.6 is 0 Å². The van der Waals surface area contributed by atoms with Crippen molar-refractivity contribution in [2.75, 3.05) is 13.7 Å². The first-order chi connectivity index (χ1) is 8.54. The molecule has 0 saturated heterocycles. The lowest BCUT2D eigenvalue weighted by Gasteiger charge is -2.10. The minimum atomic E-state index is -2.98. The number of nitrogens with zero attached hydrogens (tertiary/aromatic N) is 2. The van der Waals surface area contributed by atoms with Gasteiger partial charge in [-0.25, -0.2) is 18.6 Å². The van der Waals surface area contributed by atoms with E-state index in [4.69, 9.17) is 10.00 Å². The van der Waals surface area contributed by atoms with Crippen LogP contribution in [-0.4, -0.2) is 24.7 Å². The van der Waals surface area contributed by atoms with E-state index in [1.165, 1.54) is 7.11 Å². The summed E-state index contributed by atoms with van der Waals surface area (Å²) in [5, 5.41) is 8.74. The zero-order valence-electron chi connectivity index (χ0n) is 9.74. The molecule has 0 spiro atoms. The molecule has 18 heavy (non-hydrogen) atoms. The van der Waals surface area contributed by atoms with Crippen LogP contribution in [0.5, 0.6) is 5.75 Å². The summed E-state index contributed by atoms with van der Waals surface area (Å²) in [6, 6.07) is 2.65. The van der Waals surface area contributed by atoms with Gasteiger partial charge in [-0.3, -0.25) is 0 Å². The summed E-state index contributed by atoms with van der Waals surface area (Å²) in [4.78, 5) is 14.9. The number of rotatable bonds is 4. The lowest BCUT2D eigenvalue weighted by atomic mass is 10.1. The molecule has 0 fully saturated rings. The van der Waals surface area contributed by atoms with Crippen molar-refractivity contribution in [3.63, 3.8) is 0 Å². The van der Waals surface area contributed by atoms with Crippen molar-refractivity contribution in [1.82, 2.24) is 4.98 Å². The van der Waals surface area contributed by atoms with E-state index in [1.807, 2.05) is 0 Å². The fourth-order valence-electron chi connectivity index (χ4n) is 1.28. The molecule has 5 nitrogen and oxygen atoms in total. The van der Waals surface area contributed by atoms with Gasteiger partial charge in [0.05, 0.1) is 19.3 Å². The summed E-state index contributed by atoms with van der Waals surface area (Å²) < 4.78 is 35.0. The minimum absolute atomic E-state index is 0.0455.